The van der Waals surface area contributed by atoms with Crippen molar-refractivity contribution in [2.45, 2.75) is 33.2 Å². The summed E-state index contributed by atoms with van der Waals surface area (Å²) < 4.78 is 0. The third-order valence-corrected chi connectivity index (χ3v) is 2.95. The van der Waals surface area contributed by atoms with Crippen LogP contribution in [0.2, 0.25) is 0 Å². The van der Waals surface area contributed by atoms with Crippen molar-refractivity contribution in [1.82, 2.24) is 4.98 Å². The first kappa shape index (κ1) is 17.3. The van der Waals surface area contributed by atoms with Gasteiger partial charge in [-0.05, 0) is 19.1 Å². The highest BCUT2D eigenvalue weighted by molar-refractivity contribution is 5.98. The second-order valence-corrected chi connectivity index (χ2v) is 6.22. The maximum atomic E-state index is 12.0. The van der Waals surface area contributed by atoms with Crippen molar-refractivity contribution >= 4 is 17.9 Å². The van der Waals surface area contributed by atoms with E-state index in [1.54, 1.807) is 25.3 Å². The van der Waals surface area contributed by atoms with E-state index in [2.05, 4.69) is 15.3 Å². The Morgan fingerprint density at radius 2 is 1.95 bits per heavy atom. The number of anilines is 1. The summed E-state index contributed by atoms with van der Waals surface area (Å²) in [7, 11) is 0. The fourth-order valence-corrected chi connectivity index (χ4v) is 1.28. The van der Waals surface area contributed by atoms with Crippen molar-refractivity contribution in [3.8, 4) is 0 Å². The lowest BCUT2D eigenvalue weighted by molar-refractivity contribution is -0.123. The first-order valence-corrected chi connectivity index (χ1v) is 6.75. The maximum Gasteiger partial charge on any atom is 0.230 e. The summed E-state index contributed by atoms with van der Waals surface area (Å²) in [6.45, 7) is 6.52. The van der Waals surface area contributed by atoms with Gasteiger partial charge < -0.3 is 15.5 Å². The van der Waals surface area contributed by atoms with Gasteiger partial charge in [0.2, 0.25) is 5.91 Å². The minimum absolute atomic E-state index is 0.150. The highest BCUT2D eigenvalue weighted by atomic mass is 16.3. The summed E-state index contributed by atoms with van der Waals surface area (Å²) in [6.07, 6.45) is 3.07. The Balaban J connectivity index is 3.00. The molecule has 0 atom stereocenters. The van der Waals surface area contributed by atoms with E-state index in [0.717, 1.165) is 0 Å². The van der Waals surface area contributed by atoms with E-state index in [1.807, 2.05) is 20.8 Å². The Hall–Kier alpha value is -1.79. The topological polar surface area (TPSA) is 94.8 Å². The van der Waals surface area contributed by atoms with Gasteiger partial charge in [0.1, 0.15) is 11.4 Å². The predicted octanol–water partition coefficient (Wildman–Crippen LogP) is 1.23. The molecule has 0 radical (unpaired) electrons. The molecule has 1 aromatic heterocycles. The number of pyridine rings is 1. The number of hydrogen-bond acceptors (Lipinski definition) is 5. The van der Waals surface area contributed by atoms with Gasteiger partial charge in [0, 0.05) is 23.4 Å². The molecule has 0 aliphatic heterocycles. The quantitative estimate of drug-likeness (QED) is 0.712. The van der Waals surface area contributed by atoms with Crippen molar-refractivity contribution in [3.63, 3.8) is 0 Å². The fraction of sp³-hybridized carbons (Fsp3) is 0.533. The molecule has 6 heteroatoms. The molecule has 1 amide bonds. The molecule has 0 spiro atoms. The van der Waals surface area contributed by atoms with Gasteiger partial charge >= 0.3 is 0 Å². The number of aliphatic imine (C=N–C) groups is 1. The number of rotatable bonds is 5. The van der Waals surface area contributed by atoms with E-state index < -0.39 is 11.0 Å². The van der Waals surface area contributed by atoms with Crippen LogP contribution in [0.25, 0.3) is 0 Å². The molecule has 0 saturated carbocycles. The zero-order valence-electron chi connectivity index (χ0n) is 12.9. The molecule has 6 nitrogen and oxygen atoms in total. The van der Waals surface area contributed by atoms with E-state index in [4.69, 9.17) is 0 Å². The normalized spacial score (nSPS) is 12.7. The molecular weight excluding hydrogens is 270 g/mol. The lowest BCUT2D eigenvalue weighted by Gasteiger charge is -2.20. The highest BCUT2D eigenvalue weighted by Crippen LogP contribution is 2.18. The Bertz CT molecular complexity index is 517. The van der Waals surface area contributed by atoms with Gasteiger partial charge in [-0.1, -0.05) is 20.8 Å². The molecule has 3 N–H and O–H groups in total. The van der Waals surface area contributed by atoms with Gasteiger partial charge in [-0.15, -0.1) is 0 Å². The number of carbonyl (C=O) groups excluding carboxylic acids is 1. The summed E-state index contributed by atoms with van der Waals surface area (Å²) >= 11 is 0. The lowest BCUT2D eigenvalue weighted by atomic mass is 9.95. The van der Waals surface area contributed by atoms with E-state index in [9.17, 15) is 15.0 Å². The van der Waals surface area contributed by atoms with E-state index in [1.165, 1.54) is 6.21 Å². The van der Waals surface area contributed by atoms with Crippen LogP contribution in [0.1, 0.15) is 33.3 Å². The first-order chi connectivity index (χ1) is 9.72. The molecule has 1 aromatic rings. The standard InChI is InChI=1S/C15H23N3O3/c1-14(2,3)13(21)18-12-11(6-5-7-16-12)8-17-15(4,9-19)10-20/h5-8,19-20H,9-10H2,1-4H3,(H,16,18,21). The van der Waals surface area contributed by atoms with Gasteiger partial charge in [0.15, 0.2) is 0 Å². The third kappa shape index (κ3) is 4.91. The number of aromatic nitrogens is 1. The van der Waals surface area contributed by atoms with Crippen LogP contribution in [0, 0.1) is 5.41 Å². The lowest BCUT2D eigenvalue weighted by Crippen LogP contribution is -2.32. The zero-order chi connectivity index (χ0) is 16.1. The van der Waals surface area contributed by atoms with Crippen LogP contribution in [0.5, 0.6) is 0 Å². The van der Waals surface area contributed by atoms with Crippen molar-refractivity contribution in [1.29, 1.82) is 0 Å². The van der Waals surface area contributed by atoms with Crippen LogP contribution >= 0.6 is 0 Å². The Morgan fingerprint density at radius 1 is 1.33 bits per heavy atom. The second-order valence-electron chi connectivity index (χ2n) is 6.22. The van der Waals surface area contributed by atoms with Gasteiger partial charge in [-0.25, -0.2) is 4.98 Å². The number of nitrogens with zero attached hydrogens (tertiary/aromatic N) is 2. The number of carbonyl (C=O) groups is 1. The Labute approximate surface area is 124 Å². The van der Waals surface area contributed by atoms with E-state index >= 15 is 0 Å². The van der Waals surface area contributed by atoms with Crippen molar-refractivity contribution in [2.24, 2.45) is 10.4 Å². The summed E-state index contributed by atoms with van der Waals surface area (Å²) in [4.78, 5) is 20.3. The van der Waals surface area contributed by atoms with E-state index in [0.29, 0.717) is 11.4 Å². The average molecular weight is 293 g/mol. The molecule has 1 heterocycles. The summed E-state index contributed by atoms with van der Waals surface area (Å²) in [6, 6.07) is 3.48. The molecule has 0 fully saturated rings. The molecule has 0 unspecified atom stereocenters. The van der Waals surface area contributed by atoms with Gasteiger partial charge in [-0.3, -0.25) is 9.79 Å². The maximum absolute atomic E-state index is 12.0. The van der Waals surface area contributed by atoms with Crippen LogP contribution in [0.4, 0.5) is 5.82 Å². The fourth-order valence-electron chi connectivity index (χ4n) is 1.28. The monoisotopic (exact) mass is 293 g/mol. The number of nitrogens with one attached hydrogen (secondary N) is 1. The molecular formula is C15H23N3O3. The Kier molecular flexibility index (Phi) is 5.57. The summed E-state index contributed by atoms with van der Waals surface area (Å²) in [5.74, 6) is 0.252. The molecule has 1 rings (SSSR count). The third-order valence-electron chi connectivity index (χ3n) is 2.95. The first-order valence-electron chi connectivity index (χ1n) is 6.75. The van der Waals surface area contributed by atoms with E-state index in [-0.39, 0.29) is 19.1 Å². The second kappa shape index (κ2) is 6.78. The smallest absolute Gasteiger partial charge is 0.230 e. The average Bonchev–Trinajstić information content (AvgIpc) is 2.45. The molecule has 0 bridgehead atoms. The van der Waals surface area contributed by atoms with Crippen LogP contribution in [0.3, 0.4) is 0 Å². The van der Waals surface area contributed by atoms with Gasteiger partial charge in [-0.2, -0.15) is 0 Å². The number of aliphatic hydroxyl groups is 2. The highest BCUT2D eigenvalue weighted by Gasteiger charge is 2.23. The predicted molar refractivity (Wildman–Crippen MR) is 82.5 cm³/mol. The van der Waals surface area contributed by atoms with Crippen molar-refractivity contribution in [2.75, 3.05) is 18.5 Å². The number of amides is 1. The van der Waals surface area contributed by atoms with Crippen LogP contribution in [-0.2, 0) is 4.79 Å². The van der Waals surface area contributed by atoms with Crippen LogP contribution in [0.15, 0.2) is 23.3 Å². The molecule has 0 aliphatic carbocycles. The summed E-state index contributed by atoms with van der Waals surface area (Å²) in [5.41, 5.74) is -0.874. The summed E-state index contributed by atoms with van der Waals surface area (Å²) in [5, 5.41) is 21.2. The molecule has 0 saturated heterocycles. The SMILES string of the molecule is CC(CO)(CO)N=Cc1cccnc1NC(=O)C(C)(C)C. The number of aliphatic hydroxyl groups excluding tert-OH is 2. The molecule has 0 aromatic carbocycles. The van der Waals surface area contributed by atoms with Crippen LogP contribution < -0.4 is 5.32 Å². The zero-order valence-corrected chi connectivity index (χ0v) is 12.9. The van der Waals surface area contributed by atoms with Crippen molar-refractivity contribution < 1.29 is 15.0 Å². The molecule has 21 heavy (non-hydrogen) atoms. The number of hydrogen-bond donors (Lipinski definition) is 3. The largest absolute Gasteiger partial charge is 0.394 e. The van der Waals surface area contributed by atoms with Gasteiger partial charge in [0.25, 0.3) is 0 Å². The minimum Gasteiger partial charge on any atom is -0.394 e. The molecule has 116 valence electrons. The minimum atomic E-state index is -0.957. The Morgan fingerprint density at radius 3 is 2.48 bits per heavy atom. The van der Waals surface area contributed by atoms with Gasteiger partial charge in [0.05, 0.1) is 13.2 Å². The van der Waals surface area contributed by atoms with Crippen LogP contribution in [-0.4, -0.2) is 46.1 Å². The van der Waals surface area contributed by atoms with Crippen molar-refractivity contribution in [3.05, 3.63) is 23.9 Å². The molecule has 0 aliphatic rings.